The van der Waals surface area contributed by atoms with Gasteiger partial charge in [0.15, 0.2) is 0 Å². The monoisotopic (exact) mass is 232 g/mol. The van der Waals surface area contributed by atoms with Gasteiger partial charge in [0.25, 0.3) is 0 Å². The molecule has 4 atom stereocenters. The second kappa shape index (κ2) is 4.95. The van der Waals surface area contributed by atoms with E-state index in [1.807, 2.05) is 13.0 Å². The predicted octanol–water partition coefficient (Wildman–Crippen LogP) is 2.01. The molecule has 1 saturated carbocycles. The van der Waals surface area contributed by atoms with Crippen molar-refractivity contribution in [2.45, 2.75) is 38.3 Å². The maximum absolute atomic E-state index is 5.87. The van der Waals surface area contributed by atoms with E-state index in [4.69, 9.17) is 16.6 Å². The Morgan fingerprint density at radius 1 is 1.65 bits per heavy atom. The molecule has 0 spiro atoms. The van der Waals surface area contributed by atoms with Crippen molar-refractivity contribution < 1.29 is 4.42 Å². The summed E-state index contributed by atoms with van der Waals surface area (Å²) in [5.41, 5.74) is 5.74. The van der Waals surface area contributed by atoms with Gasteiger partial charge in [-0.05, 0) is 31.4 Å². The van der Waals surface area contributed by atoms with Crippen molar-refractivity contribution in [3.63, 3.8) is 0 Å². The van der Waals surface area contributed by atoms with Gasteiger partial charge in [0.2, 0.25) is 0 Å². The minimum atomic E-state index is -0.00283. The van der Waals surface area contributed by atoms with Crippen molar-refractivity contribution in [3.05, 3.63) is 23.7 Å². The molecule has 1 fully saturated rings. The average Bonchev–Trinajstić information content (AvgIpc) is 2.88. The van der Waals surface area contributed by atoms with Crippen LogP contribution in [-0.2, 0) is 0 Å². The zero-order valence-electron chi connectivity index (χ0n) is 10.4. The number of nitrogens with two attached hydrogens (primary N) is 1. The van der Waals surface area contributed by atoms with Crippen LogP contribution >= 0.6 is 0 Å². The van der Waals surface area contributed by atoms with E-state index in [2.05, 4.69) is 24.2 Å². The number of nitrogens with one attached hydrogen (secondary N) is 1. The van der Waals surface area contributed by atoms with Crippen LogP contribution in [0.5, 0.6) is 0 Å². The first-order valence-electron chi connectivity index (χ1n) is 6.17. The first-order valence-corrected chi connectivity index (χ1v) is 6.17. The molecule has 3 N–H and O–H groups in total. The van der Waals surface area contributed by atoms with Crippen LogP contribution in [0.3, 0.4) is 0 Å². The number of hydrogen-bond acceptors (Lipinski definition) is 3. The van der Waals surface area contributed by atoms with Crippen molar-refractivity contribution in [1.29, 1.82) is 0 Å². The van der Waals surface area contributed by atoms with Gasteiger partial charge in [0.1, 0.15) is 11.5 Å². The Hall–Kier alpha value is -1.24. The van der Waals surface area contributed by atoms with Gasteiger partial charge >= 0.3 is 0 Å². The van der Waals surface area contributed by atoms with Crippen LogP contribution in [0.2, 0.25) is 0 Å². The minimum Gasteiger partial charge on any atom is -0.464 e. The van der Waals surface area contributed by atoms with Crippen molar-refractivity contribution in [2.24, 2.45) is 11.7 Å². The quantitative estimate of drug-likeness (QED) is 0.764. The van der Waals surface area contributed by atoms with E-state index >= 15 is 0 Å². The maximum Gasteiger partial charge on any atom is 0.122 e. The summed E-state index contributed by atoms with van der Waals surface area (Å²) in [6.45, 7) is 4.67. The predicted molar refractivity (Wildman–Crippen MR) is 68.5 cm³/mol. The molecular weight excluding hydrogens is 212 g/mol. The number of furan rings is 1. The van der Waals surface area contributed by atoms with Gasteiger partial charge in [-0.25, -0.2) is 0 Å². The van der Waals surface area contributed by atoms with Crippen LogP contribution < -0.4 is 11.1 Å². The zero-order valence-corrected chi connectivity index (χ0v) is 10.4. The lowest BCUT2D eigenvalue weighted by atomic mass is 10.2. The molecular formula is C14H20N2O. The van der Waals surface area contributed by atoms with E-state index < -0.39 is 0 Å². The Bertz CT molecular complexity index is 418. The lowest BCUT2D eigenvalue weighted by molar-refractivity contribution is 0.387. The fraction of sp³-hybridized carbons (Fsp3) is 0.571. The zero-order chi connectivity index (χ0) is 12.4. The molecule has 1 heterocycles. The molecule has 1 aromatic rings. The summed E-state index contributed by atoms with van der Waals surface area (Å²) in [6.07, 6.45) is 6.58. The lowest BCUT2D eigenvalue weighted by Gasteiger charge is -2.16. The number of rotatable bonds is 5. The van der Waals surface area contributed by atoms with Gasteiger partial charge in [-0.1, -0.05) is 12.8 Å². The Labute approximate surface area is 103 Å². The largest absolute Gasteiger partial charge is 0.464 e. The molecule has 4 unspecified atom stereocenters. The van der Waals surface area contributed by atoms with E-state index in [0.717, 1.165) is 17.4 Å². The minimum absolute atomic E-state index is 0.00283. The Kier molecular flexibility index (Phi) is 3.56. The van der Waals surface area contributed by atoms with Crippen LogP contribution in [0, 0.1) is 18.3 Å². The topological polar surface area (TPSA) is 51.2 Å². The van der Waals surface area contributed by atoms with E-state index in [1.165, 1.54) is 6.42 Å². The van der Waals surface area contributed by atoms with Gasteiger partial charge in [0.05, 0.1) is 12.1 Å². The van der Waals surface area contributed by atoms with Gasteiger partial charge in [0, 0.05) is 12.5 Å². The third-order valence-corrected chi connectivity index (χ3v) is 3.40. The van der Waals surface area contributed by atoms with Crippen molar-refractivity contribution in [3.8, 4) is 12.3 Å². The SMILES string of the molecule is C#CC(C)NC(CN)c1ccc(C2CC2C)o1. The van der Waals surface area contributed by atoms with Crippen molar-refractivity contribution in [1.82, 2.24) is 5.32 Å². The summed E-state index contributed by atoms with van der Waals surface area (Å²) < 4.78 is 5.87. The molecule has 0 aliphatic heterocycles. The first kappa shape index (κ1) is 12.2. The van der Waals surface area contributed by atoms with Crippen LogP contribution in [0.1, 0.15) is 43.7 Å². The van der Waals surface area contributed by atoms with E-state index in [9.17, 15) is 0 Å². The molecule has 1 aliphatic rings. The van der Waals surface area contributed by atoms with Gasteiger partial charge in [-0.15, -0.1) is 6.42 Å². The standard InChI is InChI=1S/C14H20N2O/c1-4-10(3)16-12(8-15)14-6-5-13(17-14)11-7-9(11)2/h1,5-6,9-12,16H,7-8,15H2,2-3H3. The van der Waals surface area contributed by atoms with E-state index in [0.29, 0.717) is 12.5 Å². The summed E-state index contributed by atoms with van der Waals surface area (Å²) in [5, 5.41) is 3.26. The van der Waals surface area contributed by atoms with Crippen molar-refractivity contribution >= 4 is 0 Å². The maximum atomic E-state index is 5.87. The normalized spacial score (nSPS) is 26.2. The summed E-state index contributed by atoms with van der Waals surface area (Å²) in [5.74, 6) is 5.97. The molecule has 0 radical (unpaired) electrons. The van der Waals surface area contributed by atoms with Gasteiger partial charge < -0.3 is 10.2 Å². The highest BCUT2D eigenvalue weighted by atomic mass is 16.3. The molecule has 0 amide bonds. The molecule has 1 aliphatic carbocycles. The fourth-order valence-electron chi connectivity index (χ4n) is 2.09. The molecule has 0 bridgehead atoms. The van der Waals surface area contributed by atoms with Gasteiger partial charge in [-0.3, -0.25) is 5.32 Å². The van der Waals surface area contributed by atoms with Gasteiger partial charge in [-0.2, -0.15) is 0 Å². The van der Waals surface area contributed by atoms with E-state index in [-0.39, 0.29) is 12.1 Å². The molecule has 92 valence electrons. The third-order valence-electron chi connectivity index (χ3n) is 3.40. The number of terminal acetylenes is 1. The Morgan fingerprint density at radius 2 is 2.35 bits per heavy atom. The summed E-state index contributed by atoms with van der Waals surface area (Å²) in [4.78, 5) is 0. The Balaban J connectivity index is 2.04. The highest BCUT2D eigenvalue weighted by Crippen LogP contribution is 2.47. The van der Waals surface area contributed by atoms with Crippen LogP contribution in [0.25, 0.3) is 0 Å². The lowest BCUT2D eigenvalue weighted by Crippen LogP contribution is -2.33. The summed E-state index contributed by atoms with van der Waals surface area (Å²) in [7, 11) is 0. The molecule has 0 aromatic carbocycles. The van der Waals surface area contributed by atoms with Crippen LogP contribution in [-0.4, -0.2) is 12.6 Å². The van der Waals surface area contributed by atoms with Crippen LogP contribution in [0.4, 0.5) is 0 Å². The molecule has 3 heteroatoms. The Morgan fingerprint density at radius 3 is 2.88 bits per heavy atom. The fourth-order valence-corrected chi connectivity index (χ4v) is 2.09. The third kappa shape index (κ3) is 2.71. The molecule has 2 rings (SSSR count). The number of hydrogen-bond donors (Lipinski definition) is 2. The van der Waals surface area contributed by atoms with Crippen LogP contribution in [0.15, 0.2) is 16.5 Å². The average molecular weight is 232 g/mol. The molecule has 17 heavy (non-hydrogen) atoms. The second-order valence-corrected chi connectivity index (χ2v) is 4.90. The second-order valence-electron chi connectivity index (χ2n) is 4.90. The molecule has 1 aromatic heterocycles. The summed E-state index contributed by atoms with van der Waals surface area (Å²) in [6, 6.07) is 4.07. The first-order chi connectivity index (χ1) is 8.15. The highest BCUT2D eigenvalue weighted by molar-refractivity contribution is 5.19. The van der Waals surface area contributed by atoms with E-state index in [1.54, 1.807) is 0 Å². The molecule has 3 nitrogen and oxygen atoms in total. The van der Waals surface area contributed by atoms with Crippen molar-refractivity contribution in [2.75, 3.05) is 6.54 Å². The smallest absolute Gasteiger partial charge is 0.122 e. The summed E-state index contributed by atoms with van der Waals surface area (Å²) >= 11 is 0. The highest BCUT2D eigenvalue weighted by Gasteiger charge is 2.36. The molecule has 0 saturated heterocycles.